The number of hydrogen-bond donors (Lipinski definition) is 0. The summed E-state index contributed by atoms with van der Waals surface area (Å²) in [5.41, 5.74) is 0. The molecule has 0 spiro atoms. The second-order valence-corrected chi connectivity index (χ2v) is 4.71. The average molecular weight is 222 g/mol. The van der Waals surface area contributed by atoms with E-state index < -0.39 is 0 Å². The van der Waals surface area contributed by atoms with E-state index in [1.54, 1.807) is 18.5 Å². The van der Waals surface area contributed by atoms with Crippen molar-refractivity contribution in [3.05, 3.63) is 18.5 Å². The maximum absolute atomic E-state index is 11.7. The van der Waals surface area contributed by atoms with Crippen LogP contribution in [0.3, 0.4) is 0 Å². The van der Waals surface area contributed by atoms with Gasteiger partial charge in [-0.25, -0.2) is 9.97 Å². The maximum atomic E-state index is 11.7. The van der Waals surface area contributed by atoms with Gasteiger partial charge in [-0.05, 0) is 18.9 Å². The van der Waals surface area contributed by atoms with Gasteiger partial charge in [-0.1, -0.05) is 24.6 Å². The zero-order valence-corrected chi connectivity index (χ0v) is 9.37. The molecule has 0 aromatic carbocycles. The predicted octanol–water partition coefficient (Wildman–Crippen LogP) is 2.33. The molecule has 0 bridgehead atoms. The Hall–Kier alpha value is -0.900. The second kappa shape index (κ2) is 5.26. The molecule has 1 aliphatic carbocycles. The number of thioether (sulfide) groups is 1. The third kappa shape index (κ3) is 3.02. The van der Waals surface area contributed by atoms with Crippen molar-refractivity contribution in [2.75, 3.05) is 5.75 Å². The lowest BCUT2D eigenvalue weighted by molar-refractivity contribution is -0.120. The molecule has 80 valence electrons. The van der Waals surface area contributed by atoms with Gasteiger partial charge in [0.25, 0.3) is 0 Å². The largest absolute Gasteiger partial charge is 0.298 e. The molecule has 0 unspecified atom stereocenters. The van der Waals surface area contributed by atoms with Crippen LogP contribution in [0.4, 0.5) is 0 Å². The van der Waals surface area contributed by atoms with E-state index in [1.165, 1.54) is 24.6 Å². The van der Waals surface area contributed by atoms with E-state index in [-0.39, 0.29) is 0 Å². The topological polar surface area (TPSA) is 42.9 Å². The highest BCUT2D eigenvalue weighted by molar-refractivity contribution is 7.99. The van der Waals surface area contributed by atoms with Crippen molar-refractivity contribution in [1.29, 1.82) is 0 Å². The first-order valence-electron chi connectivity index (χ1n) is 5.29. The Morgan fingerprint density at radius 1 is 1.33 bits per heavy atom. The molecule has 1 fully saturated rings. The summed E-state index contributed by atoms with van der Waals surface area (Å²) >= 11 is 1.44. The van der Waals surface area contributed by atoms with Gasteiger partial charge in [0.1, 0.15) is 5.78 Å². The third-order valence-electron chi connectivity index (χ3n) is 2.70. The number of carbonyl (C=O) groups excluding carboxylic acids is 1. The highest BCUT2D eigenvalue weighted by Gasteiger charge is 2.22. The van der Waals surface area contributed by atoms with Crippen LogP contribution in [0.5, 0.6) is 0 Å². The van der Waals surface area contributed by atoms with Crippen LogP contribution in [0.25, 0.3) is 0 Å². The summed E-state index contributed by atoms with van der Waals surface area (Å²) in [5.74, 6) is 1.19. The molecule has 1 aliphatic rings. The van der Waals surface area contributed by atoms with Crippen LogP contribution in [-0.2, 0) is 4.79 Å². The highest BCUT2D eigenvalue weighted by Crippen LogP contribution is 2.27. The molecule has 1 saturated carbocycles. The lowest BCUT2D eigenvalue weighted by Gasteiger charge is -2.05. The Morgan fingerprint density at radius 3 is 2.67 bits per heavy atom. The molecule has 0 radical (unpaired) electrons. The Kier molecular flexibility index (Phi) is 3.72. The molecular formula is C11H14N2OS. The smallest absolute Gasteiger partial charge is 0.187 e. The zero-order chi connectivity index (χ0) is 10.5. The SMILES string of the molecule is O=C(CSc1ncccn1)C1CCCC1. The van der Waals surface area contributed by atoms with Crippen LogP contribution >= 0.6 is 11.8 Å². The lowest BCUT2D eigenvalue weighted by Crippen LogP contribution is -2.13. The number of Topliss-reactive ketones (excluding diaryl/α,β-unsaturated/α-hetero) is 1. The van der Waals surface area contributed by atoms with E-state index in [2.05, 4.69) is 9.97 Å². The summed E-state index contributed by atoms with van der Waals surface area (Å²) in [6.45, 7) is 0. The molecule has 15 heavy (non-hydrogen) atoms. The molecule has 0 saturated heterocycles. The molecule has 4 heteroatoms. The molecule has 0 atom stereocenters. The number of carbonyl (C=O) groups is 1. The predicted molar refractivity (Wildman–Crippen MR) is 59.7 cm³/mol. The fourth-order valence-electron chi connectivity index (χ4n) is 1.86. The van der Waals surface area contributed by atoms with E-state index in [1.807, 2.05) is 0 Å². The van der Waals surface area contributed by atoms with Gasteiger partial charge in [-0.2, -0.15) is 0 Å². The minimum Gasteiger partial charge on any atom is -0.298 e. The second-order valence-electron chi connectivity index (χ2n) is 3.77. The van der Waals surface area contributed by atoms with Crippen LogP contribution in [0.2, 0.25) is 0 Å². The molecule has 0 amide bonds. The van der Waals surface area contributed by atoms with Gasteiger partial charge in [0.05, 0.1) is 5.75 Å². The van der Waals surface area contributed by atoms with Gasteiger partial charge in [0, 0.05) is 18.3 Å². The van der Waals surface area contributed by atoms with E-state index in [0.29, 0.717) is 22.6 Å². The molecule has 1 aromatic heterocycles. The summed E-state index contributed by atoms with van der Waals surface area (Å²) in [6.07, 6.45) is 7.99. The third-order valence-corrected chi connectivity index (χ3v) is 3.59. The lowest BCUT2D eigenvalue weighted by atomic mass is 10.0. The fourth-order valence-corrected chi connectivity index (χ4v) is 2.64. The quantitative estimate of drug-likeness (QED) is 0.579. The zero-order valence-electron chi connectivity index (χ0n) is 8.56. The summed E-state index contributed by atoms with van der Waals surface area (Å²) in [6, 6.07) is 1.78. The number of hydrogen-bond acceptors (Lipinski definition) is 4. The van der Waals surface area contributed by atoms with Crippen molar-refractivity contribution in [2.24, 2.45) is 5.92 Å². The van der Waals surface area contributed by atoms with Crippen LogP contribution < -0.4 is 0 Å². The van der Waals surface area contributed by atoms with Crippen LogP contribution in [0.1, 0.15) is 25.7 Å². The van der Waals surface area contributed by atoms with E-state index in [4.69, 9.17) is 0 Å². The van der Waals surface area contributed by atoms with E-state index in [9.17, 15) is 4.79 Å². The Balaban J connectivity index is 1.80. The van der Waals surface area contributed by atoms with Crippen molar-refractivity contribution < 1.29 is 4.79 Å². The first kappa shape index (κ1) is 10.6. The van der Waals surface area contributed by atoms with Crippen molar-refractivity contribution in [3.8, 4) is 0 Å². The molecule has 1 heterocycles. The van der Waals surface area contributed by atoms with E-state index >= 15 is 0 Å². The van der Waals surface area contributed by atoms with Crippen molar-refractivity contribution in [1.82, 2.24) is 9.97 Å². The summed E-state index contributed by atoms with van der Waals surface area (Å²) in [5, 5.41) is 0.698. The molecule has 1 aromatic rings. The van der Waals surface area contributed by atoms with Gasteiger partial charge in [-0.3, -0.25) is 4.79 Å². The molecule has 3 nitrogen and oxygen atoms in total. The number of ketones is 1. The summed E-state index contributed by atoms with van der Waals surface area (Å²) < 4.78 is 0. The maximum Gasteiger partial charge on any atom is 0.187 e. The van der Waals surface area contributed by atoms with Gasteiger partial charge in [0.15, 0.2) is 5.16 Å². The number of nitrogens with zero attached hydrogens (tertiary/aromatic N) is 2. The Morgan fingerprint density at radius 2 is 2.00 bits per heavy atom. The normalized spacial score (nSPS) is 16.8. The van der Waals surface area contributed by atoms with Crippen molar-refractivity contribution >= 4 is 17.5 Å². The standard InChI is InChI=1S/C11H14N2OS/c14-10(9-4-1-2-5-9)8-15-11-12-6-3-7-13-11/h3,6-7,9H,1-2,4-5,8H2. The summed E-state index contributed by atoms with van der Waals surface area (Å²) in [7, 11) is 0. The fraction of sp³-hybridized carbons (Fsp3) is 0.545. The summed E-state index contributed by atoms with van der Waals surface area (Å²) in [4.78, 5) is 19.9. The first-order chi connectivity index (χ1) is 7.36. The minimum atomic E-state index is 0.307. The van der Waals surface area contributed by atoms with Gasteiger partial charge in [0.2, 0.25) is 0 Å². The number of rotatable bonds is 4. The Labute approximate surface area is 93.7 Å². The average Bonchev–Trinajstić information content (AvgIpc) is 2.81. The van der Waals surface area contributed by atoms with Gasteiger partial charge >= 0.3 is 0 Å². The molecule has 0 N–H and O–H groups in total. The van der Waals surface area contributed by atoms with Gasteiger partial charge < -0.3 is 0 Å². The first-order valence-corrected chi connectivity index (χ1v) is 6.27. The van der Waals surface area contributed by atoms with Crippen molar-refractivity contribution in [2.45, 2.75) is 30.8 Å². The monoisotopic (exact) mass is 222 g/mol. The Bertz CT molecular complexity index is 323. The van der Waals surface area contributed by atoms with Crippen LogP contribution in [-0.4, -0.2) is 21.5 Å². The highest BCUT2D eigenvalue weighted by atomic mass is 32.2. The molecule has 2 rings (SSSR count). The number of aromatic nitrogens is 2. The molecule has 0 aliphatic heterocycles. The van der Waals surface area contributed by atoms with Crippen LogP contribution in [0.15, 0.2) is 23.6 Å². The minimum absolute atomic E-state index is 0.307. The van der Waals surface area contributed by atoms with Crippen molar-refractivity contribution in [3.63, 3.8) is 0 Å². The van der Waals surface area contributed by atoms with Crippen LogP contribution in [0, 0.1) is 5.92 Å². The van der Waals surface area contributed by atoms with E-state index in [0.717, 1.165) is 12.8 Å². The molecular weight excluding hydrogens is 208 g/mol. The van der Waals surface area contributed by atoms with Gasteiger partial charge in [-0.15, -0.1) is 0 Å².